The summed E-state index contributed by atoms with van der Waals surface area (Å²) in [6.07, 6.45) is 0.949. The van der Waals surface area contributed by atoms with Gasteiger partial charge in [0.1, 0.15) is 0 Å². The molecule has 2 N–H and O–H groups in total. The maximum absolute atomic E-state index is 5.66. The minimum atomic E-state index is -0.0981. The van der Waals surface area contributed by atoms with Gasteiger partial charge in [-0.1, -0.05) is 0 Å². The largest absolute Gasteiger partial charge is 0.379 e. The third-order valence-corrected chi connectivity index (χ3v) is 2.65. The first-order valence-corrected chi connectivity index (χ1v) is 4.54. The molecule has 1 atom stereocenters. The Morgan fingerprint density at radius 1 is 1.69 bits per heavy atom. The Kier molecular flexibility index (Phi) is 2.81. The third kappa shape index (κ3) is 2.34. The minimum absolute atomic E-state index is 0.0981. The van der Waals surface area contributed by atoms with Crippen molar-refractivity contribution in [2.75, 3.05) is 20.7 Å². The highest BCUT2D eigenvalue weighted by Gasteiger charge is 2.29. The molecule has 0 aromatic rings. The van der Waals surface area contributed by atoms with Gasteiger partial charge >= 0.3 is 0 Å². The Hall–Kier alpha value is -0.770. The van der Waals surface area contributed by atoms with Crippen molar-refractivity contribution in [3.05, 3.63) is 0 Å². The van der Waals surface area contributed by atoms with Crippen molar-refractivity contribution in [1.29, 1.82) is 0 Å². The molecule has 0 saturated carbocycles. The maximum Gasteiger partial charge on any atom is 0.191 e. The number of likely N-dealkylation sites (N-methyl/N-ethyl adjacent to an activating group) is 1. The molecule has 1 rings (SSSR count). The van der Waals surface area contributed by atoms with Gasteiger partial charge in [-0.15, -0.1) is 0 Å². The van der Waals surface area contributed by atoms with E-state index in [-0.39, 0.29) is 5.60 Å². The second-order valence-corrected chi connectivity index (χ2v) is 4.13. The van der Waals surface area contributed by atoms with Crippen LogP contribution in [0.3, 0.4) is 0 Å². The lowest BCUT2D eigenvalue weighted by molar-refractivity contribution is 0.00301. The van der Waals surface area contributed by atoms with Gasteiger partial charge in [-0.2, -0.15) is 0 Å². The van der Waals surface area contributed by atoms with Crippen molar-refractivity contribution in [3.63, 3.8) is 0 Å². The van der Waals surface area contributed by atoms with Gasteiger partial charge in [0.2, 0.25) is 0 Å². The van der Waals surface area contributed by atoms with Gasteiger partial charge in [-0.25, -0.2) is 0 Å². The molecule has 0 aromatic heterocycles. The Bertz CT molecular complexity index is 213. The summed E-state index contributed by atoms with van der Waals surface area (Å²) in [6.45, 7) is 4.94. The molecule has 0 fully saturated rings. The molecule has 4 heteroatoms. The molecule has 1 heterocycles. The van der Waals surface area contributed by atoms with Crippen LogP contribution in [-0.2, 0) is 4.74 Å². The number of methoxy groups -OCH3 is 1. The quantitative estimate of drug-likeness (QED) is 0.693. The number of nitrogens with zero attached hydrogens (tertiary/aromatic N) is 2. The van der Waals surface area contributed by atoms with Crippen LogP contribution in [0.4, 0.5) is 0 Å². The van der Waals surface area contributed by atoms with Crippen LogP contribution in [0.15, 0.2) is 4.99 Å². The van der Waals surface area contributed by atoms with Crippen LogP contribution in [0.5, 0.6) is 0 Å². The zero-order valence-corrected chi connectivity index (χ0v) is 8.87. The molecule has 1 aliphatic rings. The summed E-state index contributed by atoms with van der Waals surface area (Å²) in [5.74, 6) is 0.636. The van der Waals surface area contributed by atoms with Crippen LogP contribution in [0.25, 0.3) is 0 Å². The molecule has 0 aromatic carbocycles. The lowest BCUT2D eigenvalue weighted by atomic mass is 9.98. The molecule has 0 amide bonds. The summed E-state index contributed by atoms with van der Waals surface area (Å²) in [5, 5.41) is 0. The number of hydrogen-bond acceptors (Lipinski definition) is 4. The number of hydrogen-bond donors (Lipinski definition) is 1. The number of ether oxygens (including phenoxy) is 1. The SMILES string of the molecule is COC(C)(C)CC1CN=C(N)N1C. The van der Waals surface area contributed by atoms with E-state index in [0.29, 0.717) is 12.0 Å². The normalized spacial score (nSPS) is 23.5. The summed E-state index contributed by atoms with van der Waals surface area (Å²) < 4.78 is 5.36. The van der Waals surface area contributed by atoms with Crippen molar-refractivity contribution < 1.29 is 4.74 Å². The van der Waals surface area contributed by atoms with E-state index in [0.717, 1.165) is 13.0 Å². The van der Waals surface area contributed by atoms with Crippen LogP contribution in [0.2, 0.25) is 0 Å². The number of nitrogens with two attached hydrogens (primary N) is 1. The van der Waals surface area contributed by atoms with Crippen molar-refractivity contribution >= 4 is 5.96 Å². The van der Waals surface area contributed by atoms with E-state index in [1.54, 1.807) is 7.11 Å². The number of aliphatic imine (C=N–C) groups is 1. The van der Waals surface area contributed by atoms with Crippen LogP contribution in [-0.4, -0.2) is 43.2 Å². The Morgan fingerprint density at radius 3 is 2.69 bits per heavy atom. The van der Waals surface area contributed by atoms with Crippen LogP contribution < -0.4 is 5.73 Å². The van der Waals surface area contributed by atoms with Crippen molar-refractivity contribution in [2.24, 2.45) is 10.7 Å². The molecule has 0 bridgehead atoms. The second-order valence-electron chi connectivity index (χ2n) is 4.13. The molecule has 0 aliphatic carbocycles. The zero-order valence-electron chi connectivity index (χ0n) is 8.87. The summed E-state index contributed by atoms with van der Waals surface area (Å²) in [4.78, 5) is 6.20. The summed E-state index contributed by atoms with van der Waals surface area (Å²) in [6, 6.07) is 0.384. The Morgan fingerprint density at radius 2 is 2.31 bits per heavy atom. The first kappa shape index (κ1) is 10.3. The Balaban J connectivity index is 2.49. The predicted molar refractivity (Wildman–Crippen MR) is 53.7 cm³/mol. The fraction of sp³-hybridized carbons (Fsp3) is 0.889. The molecular weight excluding hydrogens is 166 g/mol. The lowest BCUT2D eigenvalue weighted by Gasteiger charge is -2.30. The van der Waals surface area contributed by atoms with E-state index >= 15 is 0 Å². The van der Waals surface area contributed by atoms with Gasteiger partial charge in [-0.05, 0) is 20.3 Å². The maximum atomic E-state index is 5.66. The Labute approximate surface area is 79.8 Å². The second kappa shape index (κ2) is 3.54. The van der Waals surface area contributed by atoms with Gasteiger partial charge in [0, 0.05) is 14.2 Å². The van der Waals surface area contributed by atoms with Gasteiger partial charge in [0.05, 0.1) is 18.2 Å². The lowest BCUT2D eigenvalue weighted by Crippen LogP contribution is -2.41. The molecule has 0 radical (unpaired) electrons. The zero-order chi connectivity index (χ0) is 10.1. The van der Waals surface area contributed by atoms with E-state index in [2.05, 4.69) is 18.8 Å². The van der Waals surface area contributed by atoms with Gasteiger partial charge < -0.3 is 15.4 Å². The highest BCUT2D eigenvalue weighted by atomic mass is 16.5. The van der Waals surface area contributed by atoms with E-state index in [1.165, 1.54) is 0 Å². The standard InChI is InChI=1S/C9H19N3O/c1-9(2,13-4)5-7-6-11-8(10)12(7)3/h7H,5-6H2,1-4H3,(H2,10,11). The van der Waals surface area contributed by atoms with E-state index < -0.39 is 0 Å². The summed E-state index contributed by atoms with van der Waals surface area (Å²) in [5.41, 5.74) is 5.57. The van der Waals surface area contributed by atoms with E-state index in [9.17, 15) is 0 Å². The van der Waals surface area contributed by atoms with Gasteiger partial charge in [-0.3, -0.25) is 4.99 Å². The molecule has 1 aliphatic heterocycles. The molecule has 76 valence electrons. The summed E-state index contributed by atoms with van der Waals surface area (Å²) in [7, 11) is 3.71. The van der Waals surface area contributed by atoms with Crippen LogP contribution >= 0.6 is 0 Å². The topological polar surface area (TPSA) is 50.9 Å². The predicted octanol–water partition coefficient (Wildman–Crippen LogP) is 0.430. The average Bonchev–Trinajstić information content (AvgIpc) is 2.36. The highest BCUT2D eigenvalue weighted by molar-refractivity contribution is 5.79. The van der Waals surface area contributed by atoms with Crippen LogP contribution in [0.1, 0.15) is 20.3 Å². The van der Waals surface area contributed by atoms with E-state index in [1.807, 2.05) is 11.9 Å². The smallest absolute Gasteiger partial charge is 0.191 e. The first-order valence-electron chi connectivity index (χ1n) is 4.54. The number of guanidine groups is 1. The van der Waals surface area contributed by atoms with Crippen molar-refractivity contribution in [3.8, 4) is 0 Å². The molecule has 0 saturated heterocycles. The molecule has 1 unspecified atom stereocenters. The van der Waals surface area contributed by atoms with Gasteiger partial charge in [0.15, 0.2) is 5.96 Å². The van der Waals surface area contributed by atoms with E-state index in [4.69, 9.17) is 10.5 Å². The van der Waals surface area contributed by atoms with Crippen molar-refractivity contribution in [2.45, 2.75) is 31.9 Å². The summed E-state index contributed by atoms with van der Waals surface area (Å²) >= 11 is 0. The van der Waals surface area contributed by atoms with Gasteiger partial charge in [0.25, 0.3) is 0 Å². The van der Waals surface area contributed by atoms with Crippen molar-refractivity contribution in [1.82, 2.24) is 4.90 Å². The minimum Gasteiger partial charge on any atom is -0.379 e. The average molecular weight is 185 g/mol. The molecular formula is C9H19N3O. The fourth-order valence-electron chi connectivity index (χ4n) is 1.47. The first-order chi connectivity index (χ1) is 5.96. The third-order valence-electron chi connectivity index (χ3n) is 2.65. The molecule has 0 spiro atoms. The fourth-order valence-corrected chi connectivity index (χ4v) is 1.47. The molecule has 13 heavy (non-hydrogen) atoms. The number of rotatable bonds is 3. The molecule has 4 nitrogen and oxygen atoms in total. The highest BCUT2D eigenvalue weighted by Crippen LogP contribution is 2.20. The monoisotopic (exact) mass is 185 g/mol. The van der Waals surface area contributed by atoms with Crippen LogP contribution in [0, 0.1) is 0 Å².